The average molecular weight is 472 g/mol. The summed E-state index contributed by atoms with van der Waals surface area (Å²) in [5.74, 6) is 1.11. The SMILES string of the molecule is COc1ccc(C2CC(c3ccccc3)=NN2C(=O)CSc2nnc(-c3cccnc3)o2)cc1. The monoisotopic (exact) mass is 471 g/mol. The largest absolute Gasteiger partial charge is 0.497 e. The molecule has 0 aliphatic carbocycles. The number of methoxy groups -OCH3 is 1. The summed E-state index contributed by atoms with van der Waals surface area (Å²) < 4.78 is 11.0. The molecule has 2 aromatic carbocycles. The molecule has 0 saturated heterocycles. The van der Waals surface area contributed by atoms with Crippen LogP contribution in [0.3, 0.4) is 0 Å². The van der Waals surface area contributed by atoms with Gasteiger partial charge in [0.1, 0.15) is 5.75 Å². The van der Waals surface area contributed by atoms with Crippen LogP contribution < -0.4 is 4.74 Å². The molecule has 1 aliphatic rings. The number of hydrazone groups is 1. The number of hydrogen-bond acceptors (Lipinski definition) is 8. The van der Waals surface area contributed by atoms with Crippen LogP contribution in [-0.4, -0.2) is 44.7 Å². The van der Waals surface area contributed by atoms with Gasteiger partial charge in [0.15, 0.2) is 0 Å². The van der Waals surface area contributed by atoms with E-state index in [0.717, 1.165) is 28.2 Å². The third-order valence-electron chi connectivity index (χ3n) is 5.41. The zero-order valence-corrected chi connectivity index (χ0v) is 19.2. The van der Waals surface area contributed by atoms with Gasteiger partial charge >= 0.3 is 0 Å². The predicted molar refractivity (Wildman–Crippen MR) is 128 cm³/mol. The van der Waals surface area contributed by atoms with Crippen molar-refractivity contribution in [1.82, 2.24) is 20.2 Å². The van der Waals surface area contributed by atoms with E-state index >= 15 is 0 Å². The lowest BCUT2D eigenvalue weighted by atomic mass is 9.98. The quantitative estimate of drug-likeness (QED) is 0.363. The van der Waals surface area contributed by atoms with Crippen LogP contribution in [0.25, 0.3) is 11.5 Å². The van der Waals surface area contributed by atoms with E-state index in [9.17, 15) is 4.79 Å². The Bertz CT molecular complexity index is 1290. The maximum absolute atomic E-state index is 13.3. The van der Waals surface area contributed by atoms with Crippen molar-refractivity contribution in [2.45, 2.75) is 17.7 Å². The highest BCUT2D eigenvalue weighted by molar-refractivity contribution is 7.99. The first-order valence-corrected chi connectivity index (χ1v) is 11.7. The van der Waals surface area contributed by atoms with Gasteiger partial charge in [-0.3, -0.25) is 9.78 Å². The van der Waals surface area contributed by atoms with Gasteiger partial charge in [-0.1, -0.05) is 54.2 Å². The summed E-state index contributed by atoms with van der Waals surface area (Å²) in [4.78, 5) is 17.3. The van der Waals surface area contributed by atoms with Gasteiger partial charge in [0.2, 0.25) is 5.89 Å². The zero-order valence-electron chi connectivity index (χ0n) is 18.4. The van der Waals surface area contributed by atoms with Crippen molar-refractivity contribution in [3.63, 3.8) is 0 Å². The molecule has 5 rings (SSSR count). The maximum Gasteiger partial charge on any atom is 0.277 e. The van der Waals surface area contributed by atoms with Gasteiger partial charge in [0, 0.05) is 18.8 Å². The molecule has 34 heavy (non-hydrogen) atoms. The molecular weight excluding hydrogens is 450 g/mol. The number of carbonyl (C=O) groups is 1. The van der Waals surface area contributed by atoms with Crippen LogP contribution >= 0.6 is 11.8 Å². The van der Waals surface area contributed by atoms with E-state index in [0.29, 0.717) is 17.5 Å². The van der Waals surface area contributed by atoms with E-state index in [1.54, 1.807) is 30.6 Å². The Morgan fingerprint density at radius 2 is 1.85 bits per heavy atom. The Labute approximate surface area is 200 Å². The molecule has 9 heteroatoms. The molecule has 0 fully saturated rings. The van der Waals surface area contributed by atoms with Crippen LogP contribution in [0.15, 0.2) is 93.9 Å². The molecule has 1 unspecified atom stereocenters. The number of thioether (sulfide) groups is 1. The fourth-order valence-corrected chi connectivity index (χ4v) is 4.31. The van der Waals surface area contributed by atoms with Crippen LogP contribution in [0.2, 0.25) is 0 Å². The lowest BCUT2D eigenvalue weighted by molar-refractivity contribution is -0.130. The number of aromatic nitrogens is 3. The summed E-state index contributed by atoms with van der Waals surface area (Å²) in [6.07, 6.45) is 3.95. The van der Waals surface area contributed by atoms with E-state index in [-0.39, 0.29) is 17.7 Å². The Balaban J connectivity index is 1.34. The number of pyridine rings is 1. The van der Waals surface area contributed by atoms with Gasteiger partial charge in [-0.25, -0.2) is 5.01 Å². The molecule has 8 nitrogen and oxygen atoms in total. The van der Waals surface area contributed by atoms with E-state index in [4.69, 9.17) is 14.3 Å². The number of nitrogens with zero attached hydrogens (tertiary/aromatic N) is 5. The van der Waals surface area contributed by atoms with Crippen molar-refractivity contribution in [1.29, 1.82) is 0 Å². The topological polar surface area (TPSA) is 93.7 Å². The number of rotatable bonds is 7. The lowest BCUT2D eigenvalue weighted by Gasteiger charge is -2.22. The standard InChI is InChI=1S/C25H21N5O3S/c1-32-20-11-9-18(10-12-20)22-14-21(17-6-3-2-4-7-17)29-30(22)23(31)16-34-25-28-27-24(33-25)19-8-5-13-26-15-19/h2-13,15,22H,14,16H2,1H3. The van der Waals surface area contributed by atoms with Gasteiger partial charge in [-0.15, -0.1) is 10.2 Å². The van der Waals surface area contributed by atoms with Crippen LogP contribution in [0.5, 0.6) is 5.75 Å². The highest BCUT2D eigenvalue weighted by Gasteiger charge is 2.33. The second kappa shape index (κ2) is 9.88. The number of hydrogen-bond donors (Lipinski definition) is 0. The average Bonchev–Trinajstić information content (AvgIpc) is 3.56. The molecule has 2 aromatic heterocycles. The summed E-state index contributed by atoms with van der Waals surface area (Å²) in [6, 6.07) is 21.1. The van der Waals surface area contributed by atoms with E-state index < -0.39 is 0 Å². The van der Waals surface area contributed by atoms with Gasteiger partial charge in [-0.05, 0) is 35.4 Å². The fraction of sp³-hybridized carbons (Fsp3) is 0.160. The maximum atomic E-state index is 13.3. The second-order valence-corrected chi connectivity index (χ2v) is 8.47. The Morgan fingerprint density at radius 3 is 2.59 bits per heavy atom. The Kier molecular flexibility index (Phi) is 6.35. The van der Waals surface area contributed by atoms with Gasteiger partial charge in [0.25, 0.3) is 11.1 Å². The number of ether oxygens (including phenoxy) is 1. The van der Waals surface area contributed by atoms with Gasteiger partial charge < -0.3 is 9.15 Å². The second-order valence-electron chi connectivity index (χ2n) is 7.55. The molecule has 1 amide bonds. The smallest absolute Gasteiger partial charge is 0.277 e. The first-order chi connectivity index (χ1) is 16.7. The molecule has 170 valence electrons. The molecule has 0 N–H and O–H groups in total. The van der Waals surface area contributed by atoms with Crippen molar-refractivity contribution in [2.75, 3.05) is 12.9 Å². The van der Waals surface area contributed by atoms with Crippen molar-refractivity contribution in [3.8, 4) is 17.2 Å². The molecule has 0 saturated carbocycles. The van der Waals surface area contributed by atoms with Crippen LogP contribution in [0.4, 0.5) is 0 Å². The van der Waals surface area contributed by atoms with Crippen LogP contribution in [0, 0.1) is 0 Å². The lowest BCUT2D eigenvalue weighted by Crippen LogP contribution is -2.28. The number of benzene rings is 2. The van der Waals surface area contributed by atoms with Crippen molar-refractivity contribution < 1.29 is 13.9 Å². The minimum absolute atomic E-state index is 0.118. The van der Waals surface area contributed by atoms with Gasteiger partial charge in [0.05, 0.1) is 30.2 Å². The highest BCUT2D eigenvalue weighted by atomic mass is 32.2. The fourth-order valence-electron chi connectivity index (χ4n) is 3.69. The van der Waals surface area contributed by atoms with Crippen LogP contribution in [-0.2, 0) is 4.79 Å². The summed E-state index contributed by atoms with van der Waals surface area (Å²) in [5, 5.41) is 14.7. The Morgan fingerprint density at radius 1 is 1.06 bits per heavy atom. The molecule has 1 atom stereocenters. The Hall–Kier alpha value is -3.98. The van der Waals surface area contributed by atoms with Crippen molar-refractivity contribution >= 4 is 23.4 Å². The predicted octanol–water partition coefficient (Wildman–Crippen LogP) is 4.61. The molecule has 3 heterocycles. The number of amides is 1. The van der Waals surface area contributed by atoms with E-state index in [1.807, 2.05) is 60.7 Å². The molecule has 0 radical (unpaired) electrons. The first kappa shape index (κ1) is 21.8. The molecule has 0 bridgehead atoms. The van der Waals surface area contributed by atoms with E-state index in [2.05, 4.69) is 15.2 Å². The molecule has 1 aliphatic heterocycles. The molecule has 0 spiro atoms. The van der Waals surface area contributed by atoms with Crippen molar-refractivity contribution in [3.05, 3.63) is 90.3 Å². The first-order valence-electron chi connectivity index (χ1n) is 10.7. The van der Waals surface area contributed by atoms with Crippen LogP contribution in [0.1, 0.15) is 23.6 Å². The third kappa shape index (κ3) is 4.69. The molecule has 4 aromatic rings. The summed E-state index contributed by atoms with van der Waals surface area (Å²) in [5.41, 5.74) is 3.59. The summed E-state index contributed by atoms with van der Waals surface area (Å²) in [7, 11) is 1.63. The minimum Gasteiger partial charge on any atom is -0.497 e. The van der Waals surface area contributed by atoms with E-state index in [1.165, 1.54) is 11.8 Å². The zero-order chi connectivity index (χ0) is 23.3. The highest BCUT2D eigenvalue weighted by Crippen LogP contribution is 2.34. The third-order valence-corrected chi connectivity index (χ3v) is 6.21. The van der Waals surface area contributed by atoms with Crippen molar-refractivity contribution in [2.24, 2.45) is 5.10 Å². The summed E-state index contributed by atoms with van der Waals surface area (Å²) >= 11 is 1.19. The molecular formula is C25H21N5O3S. The normalized spacial score (nSPS) is 15.3. The minimum atomic E-state index is -0.206. The summed E-state index contributed by atoms with van der Waals surface area (Å²) in [6.45, 7) is 0. The van der Waals surface area contributed by atoms with Gasteiger partial charge in [-0.2, -0.15) is 5.10 Å². The number of carbonyl (C=O) groups excluding carboxylic acids is 1.